The standard InChI is InChI=1S/C40H82NO7P/c1-6-8-10-12-14-16-18-20-22-24-26-28-30-32-35-45-37-39(38-47-49(43,44)46-36-34-41(3,4)5)48-40(42)33-31-29-27-25-23-21-19-17-15-13-11-9-7-2/h39H,6-38H2,1-5H3. The van der Waals surface area contributed by atoms with Crippen molar-refractivity contribution >= 4 is 13.8 Å². The SMILES string of the molecule is CCCCCCCCCCCCCCCCOCC(COP(=O)([O-])OCC[N+](C)(C)C)OC(=O)CCCCCCCCCCCCCCC. The van der Waals surface area contributed by atoms with Crippen LogP contribution in [0, 0.1) is 0 Å². The van der Waals surface area contributed by atoms with E-state index in [1.165, 1.54) is 141 Å². The summed E-state index contributed by atoms with van der Waals surface area (Å²) in [6, 6.07) is 0. The molecule has 294 valence electrons. The Morgan fingerprint density at radius 3 is 1.35 bits per heavy atom. The number of carbonyl (C=O) groups excluding carboxylic acids is 1. The second-order valence-corrected chi connectivity index (χ2v) is 16.8. The van der Waals surface area contributed by atoms with Gasteiger partial charge in [0.05, 0.1) is 34.4 Å². The monoisotopic (exact) mass is 720 g/mol. The van der Waals surface area contributed by atoms with Crippen LogP contribution in [0.3, 0.4) is 0 Å². The van der Waals surface area contributed by atoms with Gasteiger partial charge in [-0.15, -0.1) is 0 Å². The minimum Gasteiger partial charge on any atom is -0.756 e. The van der Waals surface area contributed by atoms with Crippen LogP contribution in [-0.2, 0) is 27.9 Å². The Hall–Kier alpha value is -0.500. The van der Waals surface area contributed by atoms with Crippen molar-refractivity contribution in [3.05, 3.63) is 0 Å². The molecule has 0 aliphatic carbocycles. The summed E-state index contributed by atoms with van der Waals surface area (Å²) in [6.45, 7) is 5.45. The van der Waals surface area contributed by atoms with E-state index in [9.17, 15) is 14.3 Å². The molecule has 0 fully saturated rings. The molecule has 0 aromatic heterocycles. The fraction of sp³-hybridized carbons (Fsp3) is 0.975. The molecule has 0 aromatic carbocycles. The Kier molecular flexibility index (Phi) is 34.2. The van der Waals surface area contributed by atoms with E-state index in [1.807, 2.05) is 21.1 Å². The number of esters is 1. The van der Waals surface area contributed by atoms with Crippen LogP contribution in [0.25, 0.3) is 0 Å². The number of phosphoric acid groups is 1. The maximum absolute atomic E-state index is 12.6. The molecule has 0 bridgehead atoms. The second-order valence-electron chi connectivity index (χ2n) is 15.4. The van der Waals surface area contributed by atoms with E-state index in [0.717, 1.165) is 32.1 Å². The number of likely N-dealkylation sites (N-methyl/N-ethyl adjacent to an activating group) is 1. The number of hydrogen-bond acceptors (Lipinski definition) is 7. The first-order valence-electron chi connectivity index (χ1n) is 20.8. The molecule has 8 nitrogen and oxygen atoms in total. The number of ether oxygens (including phenoxy) is 2. The number of hydrogen-bond donors (Lipinski definition) is 0. The molecule has 0 aromatic rings. The lowest BCUT2D eigenvalue weighted by molar-refractivity contribution is -0.870. The topological polar surface area (TPSA) is 94.1 Å². The van der Waals surface area contributed by atoms with Crippen LogP contribution in [0.5, 0.6) is 0 Å². The molecule has 0 amide bonds. The van der Waals surface area contributed by atoms with Crippen LogP contribution in [0.4, 0.5) is 0 Å². The third kappa shape index (κ3) is 38.6. The van der Waals surface area contributed by atoms with E-state index < -0.39 is 13.9 Å². The van der Waals surface area contributed by atoms with Gasteiger partial charge in [-0.25, -0.2) is 0 Å². The Morgan fingerprint density at radius 2 is 0.939 bits per heavy atom. The van der Waals surface area contributed by atoms with E-state index in [1.54, 1.807) is 0 Å². The number of phosphoric ester groups is 1. The van der Waals surface area contributed by atoms with Gasteiger partial charge >= 0.3 is 5.97 Å². The van der Waals surface area contributed by atoms with Crippen molar-refractivity contribution in [1.82, 2.24) is 0 Å². The quantitative estimate of drug-likeness (QED) is 0.0270. The van der Waals surface area contributed by atoms with E-state index in [2.05, 4.69) is 13.8 Å². The van der Waals surface area contributed by atoms with Gasteiger partial charge in [0.25, 0.3) is 7.82 Å². The largest absolute Gasteiger partial charge is 0.756 e. The highest BCUT2D eigenvalue weighted by atomic mass is 31.2. The van der Waals surface area contributed by atoms with Gasteiger partial charge in [0.2, 0.25) is 0 Å². The van der Waals surface area contributed by atoms with Gasteiger partial charge in [0, 0.05) is 13.0 Å². The van der Waals surface area contributed by atoms with Gasteiger partial charge in [-0.2, -0.15) is 0 Å². The van der Waals surface area contributed by atoms with Crippen molar-refractivity contribution in [1.29, 1.82) is 0 Å². The van der Waals surface area contributed by atoms with E-state index >= 15 is 0 Å². The van der Waals surface area contributed by atoms with E-state index in [4.69, 9.17) is 18.5 Å². The molecule has 2 unspecified atom stereocenters. The first kappa shape index (κ1) is 48.5. The van der Waals surface area contributed by atoms with Gasteiger partial charge in [-0.05, 0) is 12.8 Å². The fourth-order valence-corrected chi connectivity index (χ4v) is 6.63. The molecule has 0 rings (SSSR count). The summed E-state index contributed by atoms with van der Waals surface area (Å²) in [5.41, 5.74) is 0. The van der Waals surface area contributed by atoms with Gasteiger partial charge in [-0.1, -0.05) is 174 Å². The molecular formula is C40H82NO7P. The lowest BCUT2D eigenvalue weighted by Crippen LogP contribution is -2.37. The summed E-state index contributed by atoms with van der Waals surface area (Å²) in [5, 5.41) is 0. The Balaban J connectivity index is 4.22. The van der Waals surface area contributed by atoms with Crippen LogP contribution < -0.4 is 4.89 Å². The molecule has 0 radical (unpaired) electrons. The first-order chi connectivity index (χ1) is 23.6. The summed E-state index contributed by atoms with van der Waals surface area (Å²) in [4.78, 5) is 25.0. The highest BCUT2D eigenvalue weighted by Crippen LogP contribution is 2.38. The van der Waals surface area contributed by atoms with Gasteiger partial charge in [0.15, 0.2) is 0 Å². The molecule has 2 atom stereocenters. The molecule has 49 heavy (non-hydrogen) atoms. The zero-order valence-electron chi connectivity index (χ0n) is 33.2. The van der Waals surface area contributed by atoms with Crippen molar-refractivity contribution in [2.24, 2.45) is 0 Å². The van der Waals surface area contributed by atoms with Crippen LogP contribution in [0.2, 0.25) is 0 Å². The maximum Gasteiger partial charge on any atom is 0.306 e. The summed E-state index contributed by atoms with van der Waals surface area (Å²) < 4.78 is 34.5. The number of quaternary nitrogens is 1. The molecule has 0 saturated carbocycles. The first-order valence-corrected chi connectivity index (χ1v) is 22.2. The zero-order valence-corrected chi connectivity index (χ0v) is 34.1. The molecule has 9 heteroatoms. The van der Waals surface area contributed by atoms with Crippen LogP contribution >= 0.6 is 7.82 Å². The van der Waals surface area contributed by atoms with Gasteiger partial charge in [-0.3, -0.25) is 9.36 Å². The average molecular weight is 720 g/mol. The maximum atomic E-state index is 12.6. The Bertz CT molecular complexity index is 761. The van der Waals surface area contributed by atoms with Crippen molar-refractivity contribution < 1.29 is 37.3 Å². The Labute approximate surface area is 304 Å². The molecule has 0 aliphatic heterocycles. The third-order valence-corrected chi connectivity index (χ3v) is 10.1. The van der Waals surface area contributed by atoms with Crippen LogP contribution in [0.1, 0.15) is 194 Å². The normalized spacial score (nSPS) is 13.8. The van der Waals surface area contributed by atoms with Crippen molar-refractivity contribution in [2.45, 2.75) is 200 Å². The van der Waals surface area contributed by atoms with E-state index in [-0.39, 0.29) is 25.8 Å². The number of nitrogens with zero attached hydrogens (tertiary/aromatic N) is 1. The molecular weight excluding hydrogens is 637 g/mol. The highest BCUT2D eigenvalue weighted by Gasteiger charge is 2.20. The number of rotatable bonds is 39. The smallest absolute Gasteiger partial charge is 0.306 e. The molecule has 0 aliphatic rings. The predicted octanol–water partition coefficient (Wildman–Crippen LogP) is 11.1. The third-order valence-electron chi connectivity index (χ3n) is 9.16. The lowest BCUT2D eigenvalue weighted by atomic mass is 10.0. The highest BCUT2D eigenvalue weighted by molar-refractivity contribution is 7.45. The van der Waals surface area contributed by atoms with Crippen molar-refractivity contribution in [2.75, 3.05) is 54.1 Å². The number of carbonyl (C=O) groups is 1. The minimum atomic E-state index is -4.51. The summed E-state index contributed by atoms with van der Waals surface area (Å²) in [7, 11) is 1.37. The zero-order chi connectivity index (χ0) is 36.3. The van der Waals surface area contributed by atoms with Crippen LogP contribution in [0.15, 0.2) is 0 Å². The minimum absolute atomic E-state index is 0.0312. The van der Waals surface area contributed by atoms with Gasteiger partial charge < -0.3 is 27.9 Å². The lowest BCUT2D eigenvalue weighted by Gasteiger charge is -2.28. The second kappa shape index (κ2) is 34.6. The molecule has 0 heterocycles. The van der Waals surface area contributed by atoms with E-state index in [0.29, 0.717) is 24.1 Å². The summed E-state index contributed by atoms with van der Waals surface area (Å²) >= 11 is 0. The molecule has 0 spiro atoms. The summed E-state index contributed by atoms with van der Waals surface area (Å²) in [5.74, 6) is -0.330. The average Bonchev–Trinajstić information content (AvgIpc) is 3.04. The van der Waals surface area contributed by atoms with Crippen molar-refractivity contribution in [3.63, 3.8) is 0 Å². The fourth-order valence-electron chi connectivity index (χ4n) is 5.90. The Morgan fingerprint density at radius 1 is 0.551 bits per heavy atom. The predicted molar refractivity (Wildman–Crippen MR) is 204 cm³/mol. The summed E-state index contributed by atoms with van der Waals surface area (Å²) in [6.07, 6.45) is 33.8. The van der Waals surface area contributed by atoms with Crippen molar-refractivity contribution in [3.8, 4) is 0 Å². The van der Waals surface area contributed by atoms with Crippen LogP contribution in [-0.4, -0.2) is 70.7 Å². The van der Waals surface area contributed by atoms with Gasteiger partial charge in [0.1, 0.15) is 19.3 Å². The number of unbranched alkanes of at least 4 members (excludes halogenated alkanes) is 25. The molecule has 0 N–H and O–H groups in total. The molecule has 0 saturated heterocycles.